The molecule has 13 heavy (non-hydrogen) atoms. The maximum Gasteiger partial charge on any atom is 0.344 e. The van der Waals surface area contributed by atoms with E-state index in [0.29, 0.717) is 5.75 Å². The predicted molar refractivity (Wildman–Crippen MR) is 48.9 cm³/mol. The first-order chi connectivity index (χ1) is 6.11. The van der Waals surface area contributed by atoms with Gasteiger partial charge < -0.3 is 9.84 Å². The molecule has 0 aliphatic rings. The first kappa shape index (κ1) is 9.58. The van der Waals surface area contributed by atoms with E-state index in [0.717, 1.165) is 5.56 Å². The van der Waals surface area contributed by atoms with E-state index in [1.165, 1.54) is 6.92 Å². The van der Waals surface area contributed by atoms with Crippen LogP contribution in [0.5, 0.6) is 5.75 Å². The Balaban J connectivity index is 2.74. The van der Waals surface area contributed by atoms with Crippen molar-refractivity contribution >= 4 is 5.97 Å². The largest absolute Gasteiger partial charge is 0.479 e. The number of aliphatic carboxylic acids is 1. The van der Waals surface area contributed by atoms with Crippen LogP contribution < -0.4 is 4.74 Å². The molecule has 1 atom stereocenters. The molecule has 70 valence electrons. The summed E-state index contributed by atoms with van der Waals surface area (Å²) in [6.45, 7) is 3.39. The number of para-hydroxylation sites is 1. The van der Waals surface area contributed by atoms with E-state index >= 15 is 0 Å². The Morgan fingerprint density at radius 3 is 2.62 bits per heavy atom. The molecule has 0 radical (unpaired) electrons. The second kappa shape index (κ2) is 3.94. The van der Waals surface area contributed by atoms with Crippen LogP contribution in [0.15, 0.2) is 24.3 Å². The molecule has 0 spiro atoms. The lowest BCUT2D eigenvalue weighted by Crippen LogP contribution is -2.23. The summed E-state index contributed by atoms with van der Waals surface area (Å²) in [5.41, 5.74) is 0.940. The van der Waals surface area contributed by atoms with Crippen LogP contribution in [0.2, 0.25) is 0 Å². The van der Waals surface area contributed by atoms with Crippen LogP contribution in [-0.4, -0.2) is 17.2 Å². The maximum atomic E-state index is 10.5. The van der Waals surface area contributed by atoms with Crippen LogP contribution in [-0.2, 0) is 4.79 Å². The first-order valence-corrected chi connectivity index (χ1v) is 4.06. The number of carboxylic acids is 1. The number of carboxylic acid groups (broad SMARTS) is 1. The van der Waals surface area contributed by atoms with E-state index in [2.05, 4.69) is 0 Å². The van der Waals surface area contributed by atoms with E-state index in [-0.39, 0.29) is 0 Å². The Kier molecular flexibility index (Phi) is 2.90. The summed E-state index contributed by atoms with van der Waals surface area (Å²) in [4.78, 5) is 10.5. The Bertz CT molecular complexity index is 307. The van der Waals surface area contributed by atoms with Crippen molar-refractivity contribution in [1.82, 2.24) is 0 Å². The first-order valence-electron chi connectivity index (χ1n) is 4.06. The van der Waals surface area contributed by atoms with Crippen molar-refractivity contribution in [2.45, 2.75) is 20.0 Å². The minimum atomic E-state index is -0.955. The average Bonchev–Trinajstić information content (AvgIpc) is 2.08. The molecule has 3 nitrogen and oxygen atoms in total. The van der Waals surface area contributed by atoms with Crippen LogP contribution in [0, 0.1) is 6.92 Å². The van der Waals surface area contributed by atoms with E-state index in [9.17, 15) is 4.79 Å². The van der Waals surface area contributed by atoms with Gasteiger partial charge >= 0.3 is 5.97 Å². The van der Waals surface area contributed by atoms with Crippen molar-refractivity contribution < 1.29 is 14.6 Å². The topological polar surface area (TPSA) is 46.5 Å². The van der Waals surface area contributed by atoms with E-state index in [1.54, 1.807) is 6.07 Å². The SMILES string of the molecule is Cc1ccccc1O[C@@H](C)C(=O)O. The van der Waals surface area contributed by atoms with Crippen molar-refractivity contribution in [2.24, 2.45) is 0 Å². The number of rotatable bonds is 3. The minimum Gasteiger partial charge on any atom is -0.479 e. The second-order valence-corrected chi connectivity index (χ2v) is 2.86. The van der Waals surface area contributed by atoms with Gasteiger partial charge in [-0.25, -0.2) is 4.79 Å². The molecule has 0 aromatic heterocycles. The molecule has 0 amide bonds. The molecule has 3 heteroatoms. The van der Waals surface area contributed by atoms with Gasteiger partial charge in [-0.3, -0.25) is 0 Å². The second-order valence-electron chi connectivity index (χ2n) is 2.86. The summed E-state index contributed by atoms with van der Waals surface area (Å²) < 4.78 is 5.21. The molecule has 1 N–H and O–H groups in total. The van der Waals surface area contributed by atoms with E-state index in [1.807, 2.05) is 25.1 Å². The lowest BCUT2D eigenvalue weighted by Gasteiger charge is -2.11. The number of aryl methyl sites for hydroxylation is 1. The standard InChI is InChI=1S/C10H12O3/c1-7-5-3-4-6-9(7)13-8(2)10(11)12/h3-6,8H,1-2H3,(H,11,12)/t8-/m0/s1. The fourth-order valence-corrected chi connectivity index (χ4v) is 0.930. The molecule has 0 fully saturated rings. The highest BCUT2D eigenvalue weighted by molar-refractivity contribution is 5.72. The third kappa shape index (κ3) is 2.47. The van der Waals surface area contributed by atoms with Crippen molar-refractivity contribution in [3.8, 4) is 5.75 Å². The van der Waals surface area contributed by atoms with Gasteiger partial charge in [-0.2, -0.15) is 0 Å². The molecule has 1 aromatic rings. The molecule has 1 rings (SSSR count). The molecule has 0 aliphatic heterocycles. The number of hydrogen-bond acceptors (Lipinski definition) is 2. The van der Waals surface area contributed by atoms with Gasteiger partial charge in [0.15, 0.2) is 6.10 Å². The van der Waals surface area contributed by atoms with Gasteiger partial charge in [0.2, 0.25) is 0 Å². The molecule has 0 heterocycles. The zero-order chi connectivity index (χ0) is 9.84. The molecular weight excluding hydrogens is 168 g/mol. The Morgan fingerprint density at radius 1 is 1.46 bits per heavy atom. The van der Waals surface area contributed by atoms with Crippen molar-refractivity contribution in [3.05, 3.63) is 29.8 Å². The smallest absolute Gasteiger partial charge is 0.344 e. The maximum absolute atomic E-state index is 10.5. The van der Waals surface area contributed by atoms with Gasteiger partial charge in [0.1, 0.15) is 5.75 Å². The molecule has 0 saturated carbocycles. The van der Waals surface area contributed by atoms with Crippen LogP contribution in [0.25, 0.3) is 0 Å². The van der Waals surface area contributed by atoms with Crippen molar-refractivity contribution in [1.29, 1.82) is 0 Å². The summed E-state index contributed by atoms with van der Waals surface area (Å²) in [5.74, 6) is -0.333. The summed E-state index contributed by atoms with van der Waals surface area (Å²) in [6.07, 6.45) is -0.805. The van der Waals surface area contributed by atoms with Gasteiger partial charge in [0.05, 0.1) is 0 Å². The van der Waals surface area contributed by atoms with Gasteiger partial charge in [-0.15, -0.1) is 0 Å². The molecule has 0 aliphatic carbocycles. The molecule has 1 aromatic carbocycles. The average molecular weight is 180 g/mol. The quantitative estimate of drug-likeness (QED) is 0.772. The van der Waals surface area contributed by atoms with Crippen LogP contribution in [0.4, 0.5) is 0 Å². The number of hydrogen-bond donors (Lipinski definition) is 1. The molecular formula is C10H12O3. The zero-order valence-electron chi connectivity index (χ0n) is 7.65. The van der Waals surface area contributed by atoms with Crippen LogP contribution in [0.3, 0.4) is 0 Å². The van der Waals surface area contributed by atoms with Gasteiger partial charge in [-0.1, -0.05) is 18.2 Å². The normalized spacial score (nSPS) is 12.2. The Hall–Kier alpha value is -1.51. The monoisotopic (exact) mass is 180 g/mol. The number of carbonyl (C=O) groups is 1. The van der Waals surface area contributed by atoms with Gasteiger partial charge in [0.25, 0.3) is 0 Å². The highest BCUT2D eigenvalue weighted by Crippen LogP contribution is 2.17. The minimum absolute atomic E-state index is 0.623. The van der Waals surface area contributed by atoms with Crippen molar-refractivity contribution in [2.75, 3.05) is 0 Å². The van der Waals surface area contributed by atoms with Crippen molar-refractivity contribution in [3.63, 3.8) is 0 Å². The number of ether oxygens (including phenoxy) is 1. The Labute approximate surface area is 77.0 Å². The zero-order valence-corrected chi connectivity index (χ0v) is 7.65. The Morgan fingerprint density at radius 2 is 2.08 bits per heavy atom. The fourth-order valence-electron chi connectivity index (χ4n) is 0.930. The lowest BCUT2D eigenvalue weighted by atomic mass is 10.2. The fraction of sp³-hybridized carbons (Fsp3) is 0.300. The van der Waals surface area contributed by atoms with Gasteiger partial charge in [0, 0.05) is 0 Å². The molecule has 0 saturated heterocycles. The highest BCUT2D eigenvalue weighted by Gasteiger charge is 2.12. The third-order valence-corrected chi connectivity index (χ3v) is 1.75. The highest BCUT2D eigenvalue weighted by atomic mass is 16.5. The lowest BCUT2D eigenvalue weighted by molar-refractivity contribution is -0.144. The summed E-state index contributed by atoms with van der Waals surface area (Å²) in [6, 6.07) is 7.34. The van der Waals surface area contributed by atoms with Gasteiger partial charge in [-0.05, 0) is 25.5 Å². The third-order valence-electron chi connectivity index (χ3n) is 1.75. The molecule has 0 bridgehead atoms. The summed E-state index contributed by atoms with van der Waals surface area (Å²) in [7, 11) is 0. The summed E-state index contributed by atoms with van der Waals surface area (Å²) >= 11 is 0. The number of benzene rings is 1. The van der Waals surface area contributed by atoms with Crippen LogP contribution in [0.1, 0.15) is 12.5 Å². The van der Waals surface area contributed by atoms with Crippen LogP contribution >= 0.6 is 0 Å². The van der Waals surface area contributed by atoms with E-state index < -0.39 is 12.1 Å². The summed E-state index contributed by atoms with van der Waals surface area (Å²) in [5, 5.41) is 8.61. The predicted octanol–water partition coefficient (Wildman–Crippen LogP) is 1.85. The van der Waals surface area contributed by atoms with E-state index in [4.69, 9.17) is 9.84 Å². The molecule has 0 unspecified atom stereocenters.